The molecule has 0 aliphatic carbocycles. The molecule has 0 saturated carbocycles. The average Bonchev–Trinajstić information content (AvgIpc) is 3.70. The number of carbonyl (C=O) groups is 2. The number of aryl methyl sites for hydroxylation is 1. The lowest BCUT2D eigenvalue weighted by Gasteiger charge is -2.26. The largest absolute Gasteiger partial charge is 0.480 e. The van der Waals surface area contributed by atoms with Crippen molar-refractivity contribution in [2.24, 2.45) is 0 Å². The van der Waals surface area contributed by atoms with Crippen molar-refractivity contribution in [3.05, 3.63) is 186 Å². The number of thioether (sulfide) groups is 1. The fourth-order valence-electron chi connectivity index (χ4n) is 6.51. The Morgan fingerprint density at radius 3 is 1.79 bits per heavy atom. The molecule has 286 valence electrons. The summed E-state index contributed by atoms with van der Waals surface area (Å²) in [6, 6.07) is 47.4. The quantitative estimate of drug-likeness (QED) is 0.0787. The van der Waals surface area contributed by atoms with Crippen molar-refractivity contribution in [1.29, 1.82) is 5.26 Å². The van der Waals surface area contributed by atoms with Gasteiger partial charge in [-0.3, -0.25) is 23.9 Å². The van der Waals surface area contributed by atoms with Crippen LogP contribution in [0.1, 0.15) is 34.7 Å². The van der Waals surface area contributed by atoms with Gasteiger partial charge in [0.15, 0.2) is 0 Å². The lowest BCUT2D eigenvalue weighted by Crippen LogP contribution is -2.35. The number of nitrogens with zero attached hydrogens (tertiary/aromatic N) is 4. The Labute approximate surface area is 349 Å². The predicted octanol–water partition coefficient (Wildman–Crippen LogP) is 8.74. The molecule has 2 heterocycles. The van der Waals surface area contributed by atoms with Crippen molar-refractivity contribution < 1.29 is 14.7 Å². The lowest BCUT2D eigenvalue weighted by molar-refractivity contribution is -0.137. The van der Waals surface area contributed by atoms with Crippen LogP contribution < -0.4 is 19.7 Å². The second kappa shape index (κ2) is 17.7. The van der Waals surface area contributed by atoms with Crippen molar-refractivity contribution in [2.75, 3.05) is 11.4 Å². The maximum atomic E-state index is 13.5. The number of rotatable bonds is 11. The Morgan fingerprint density at radius 1 is 0.793 bits per heavy atom. The number of carbonyl (C=O) groups excluding carboxylic acids is 1. The molecule has 0 spiro atoms. The summed E-state index contributed by atoms with van der Waals surface area (Å²) in [7, 11) is 0. The number of thiocarbonyl (C=S) groups is 1. The van der Waals surface area contributed by atoms with Gasteiger partial charge in [0, 0.05) is 23.6 Å². The van der Waals surface area contributed by atoms with Gasteiger partial charge in [-0.25, -0.2) is 0 Å². The van der Waals surface area contributed by atoms with E-state index in [0.29, 0.717) is 10.9 Å². The zero-order valence-electron chi connectivity index (χ0n) is 31.5. The number of amides is 1. The van der Waals surface area contributed by atoms with E-state index in [1.54, 1.807) is 13.0 Å². The summed E-state index contributed by atoms with van der Waals surface area (Å²) in [6.07, 6.45) is 5.29. The molecule has 1 fully saturated rings. The third-order valence-electron chi connectivity index (χ3n) is 9.37. The molecular formula is C47H36N4O4S3. The Bertz CT molecular complexity index is 2760. The molecule has 58 heavy (non-hydrogen) atoms. The SMILES string of the molecule is CCN1C(=O)/C(=c2/s/c(=C/C(C#N)=C/c3ccc(N(c4ccc(C)cc4)c4ccc(C=C(c5ccccc5)c5ccccc5)cc4)cc3)c(=O)n2CC(=O)O)SC1=S. The molecule has 1 saturated heterocycles. The van der Waals surface area contributed by atoms with E-state index in [1.807, 2.05) is 60.7 Å². The first kappa shape index (κ1) is 39.6. The highest BCUT2D eigenvalue weighted by atomic mass is 32.2. The monoisotopic (exact) mass is 816 g/mol. The number of hydrogen-bond acceptors (Lipinski definition) is 8. The highest BCUT2D eigenvalue weighted by Gasteiger charge is 2.33. The Kier molecular flexibility index (Phi) is 12.1. The zero-order valence-corrected chi connectivity index (χ0v) is 34.0. The zero-order chi connectivity index (χ0) is 40.8. The number of anilines is 3. The van der Waals surface area contributed by atoms with E-state index in [2.05, 4.69) is 96.8 Å². The second-order valence-electron chi connectivity index (χ2n) is 13.3. The molecule has 0 atom stereocenters. The average molecular weight is 817 g/mol. The van der Waals surface area contributed by atoms with Gasteiger partial charge in [-0.05, 0) is 96.3 Å². The molecule has 1 aliphatic heterocycles. The molecule has 1 N–H and O–H groups in total. The number of benzene rings is 5. The van der Waals surface area contributed by atoms with E-state index in [-0.39, 0.29) is 25.6 Å². The molecule has 11 heteroatoms. The van der Waals surface area contributed by atoms with Gasteiger partial charge in [0.2, 0.25) is 0 Å². The van der Waals surface area contributed by atoms with Crippen LogP contribution in [0.5, 0.6) is 0 Å². The number of nitriles is 1. The van der Waals surface area contributed by atoms with Gasteiger partial charge in [-0.1, -0.05) is 127 Å². The molecule has 0 bridgehead atoms. The van der Waals surface area contributed by atoms with Crippen molar-refractivity contribution >= 4 is 97.3 Å². The Morgan fingerprint density at radius 2 is 1.31 bits per heavy atom. The first-order valence-electron chi connectivity index (χ1n) is 18.4. The van der Waals surface area contributed by atoms with Gasteiger partial charge in [0.1, 0.15) is 20.4 Å². The standard InChI is InChI=1S/C47H36N4O4S3/c1-3-49-45(55)43(58-47(49)56)46-50(30-42(52)53)44(54)41(57-46)28-34(29-48)26-32-16-22-38(23-17-32)51(37-20-14-31(2)15-21-37)39-24-18-33(19-25-39)27-40(35-10-6-4-7-11-35)36-12-8-5-9-13-36/h4-28H,3,30H2,1-2H3,(H,52,53)/b34-26-,41-28+,46-43-. The second-order valence-corrected chi connectivity index (χ2v) is 16.0. The fraction of sp³-hybridized carbons (Fsp3) is 0.0851. The summed E-state index contributed by atoms with van der Waals surface area (Å²) >= 11 is 7.34. The predicted molar refractivity (Wildman–Crippen MR) is 240 cm³/mol. The van der Waals surface area contributed by atoms with Crippen molar-refractivity contribution in [1.82, 2.24) is 9.47 Å². The van der Waals surface area contributed by atoms with Crippen molar-refractivity contribution in [3.63, 3.8) is 0 Å². The number of aromatic nitrogens is 1. The fourth-order valence-corrected chi connectivity index (χ4v) is 9.14. The summed E-state index contributed by atoms with van der Waals surface area (Å²) in [4.78, 5) is 42.1. The molecule has 1 aliphatic rings. The first-order chi connectivity index (χ1) is 28.1. The molecule has 1 aromatic heterocycles. The molecular weight excluding hydrogens is 781 g/mol. The van der Waals surface area contributed by atoms with Crippen LogP contribution in [0.25, 0.3) is 28.7 Å². The van der Waals surface area contributed by atoms with Crippen LogP contribution in [0.3, 0.4) is 0 Å². The van der Waals surface area contributed by atoms with E-state index in [9.17, 15) is 24.8 Å². The van der Waals surface area contributed by atoms with Crippen LogP contribution in [0.4, 0.5) is 17.1 Å². The molecule has 8 nitrogen and oxygen atoms in total. The molecule has 5 aromatic carbocycles. The first-order valence-corrected chi connectivity index (χ1v) is 20.4. The van der Waals surface area contributed by atoms with E-state index in [1.165, 1.54) is 11.0 Å². The summed E-state index contributed by atoms with van der Waals surface area (Å²) in [5, 5.41) is 19.7. The van der Waals surface area contributed by atoms with Gasteiger partial charge < -0.3 is 10.0 Å². The summed E-state index contributed by atoms with van der Waals surface area (Å²) < 4.78 is 1.72. The minimum absolute atomic E-state index is 0.130. The summed E-state index contributed by atoms with van der Waals surface area (Å²) in [5.41, 5.74) is 8.73. The maximum Gasteiger partial charge on any atom is 0.323 e. The smallest absolute Gasteiger partial charge is 0.323 e. The summed E-state index contributed by atoms with van der Waals surface area (Å²) in [6.45, 7) is 3.55. The lowest BCUT2D eigenvalue weighted by atomic mass is 9.95. The topological polar surface area (TPSA) is 107 Å². The van der Waals surface area contributed by atoms with E-state index in [4.69, 9.17) is 12.2 Å². The highest BCUT2D eigenvalue weighted by Crippen LogP contribution is 2.36. The van der Waals surface area contributed by atoms with Crippen LogP contribution in [0.15, 0.2) is 144 Å². The van der Waals surface area contributed by atoms with Gasteiger partial charge >= 0.3 is 5.97 Å². The van der Waals surface area contributed by atoms with Crippen LogP contribution in [0, 0.1) is 18.3 Å². The molecule has 0 unspecified atom stereocenters. The number of allylic oxidation sites excluding steroid dienone is 1. The Hall–Kier alpha value is -6.58. The molecule has 0 radical (unpaired) electrons. The van der Waals surface area contributed by atoms with Gasteiger partial charge in [0.05, 0.1) is 16.2 Å². The van der Waals surface area contributed by atoms with Gasteiger partial charge in [-0.2, -0.15) is 5.26 Å². The minimum Gasteiger partial charge on any atom is -0.480 e. The van der Waals surface area contributed by atoms with Crippen LogP contribution >= 0.6 is 35.3 Å². The maximum absolute atomic E-state index is 13.5. The number of carboxylic acids is 1. The van der Waals surface area contributed by atoms with Crippen molar-refractivity contribution in [3.8, 4) is 6.07 Å². The van der Waals surface area contributed by atoms with Gasteiger partial charge in [-0.15, -0.1) is 11.3 Å². The minimum atomic E-state index is -1.23. The number of hydrogen-bond donors (Lipinski definition) is 1. The van der Waals surface area contributed by atoms with Crippen LogP contribution in [0.2, 0.25) is 0 Å². The molecule has 1 amide bonds. The third kappa shape index (κ3) is 8.70. The van der Waals surface area contributed by atoms with Crippen LogP contribution in [-0.2, 0) is 16.1 Å². The van der Waals surface area contributed by atoms with E-state index < -0.39 is 18.1 Å². The molecule has 6 aromatic rings. The number of thiazole rings is 1. The van der Waals surface area contributed by atoms with Gasteiger partial charge in [0.25, 0.3) is 11.5 Å². The number of carboxylic acid groups (broad SMARTS) is 1. The number of aliphatic carboxylic acids is 1. The van der Waals surface area contributed by atoms with E-state index in [0.717, 1.165) is 78.1 Å². The third-order valence-corrected chi connectivity index (χ3v) is 12.1. The Balaban J connectivity index is 1.23. The van der Waals surface area contributed by atoms with E-state index >= 15 is 0 Å². The highest BCUT2D eigenvalue weighted by molar-refractivity contribution is 8.30. The van der Waals surface area contributed by atoms with Crippen LogP contribution in [-0.4, -0.2) is 37.3 Å². The van der Waals surface area contributed by atoms with Crippen molar-refractivity contribution in [2.45, 2.75) is 20.4 Å². The normalized spacial score (nSPS) is 14.1. The molecule has 7 rings (SSSR count). The summed E-state index contributed by atoms with van der Waals surface area (Å²) in [5.74, 6) is -1.61.